The van der Waals surface area contributed by atoms with Gasteiger partial charge in [0.15, 0.2) is 17.3 Å². The lowest BCUT2D eigenvalue weighted by atomic mass is 10.0. The molecule has 1 atom stereocenters. The highest BCUT2D eigenvalue weighted by Crippen LogP contribution is 2.38. The number of carbonyl (C=O) groups is 1. The number of carbonyl (C=O) groups excluding carboxylic acids is 1. The third-order valence-corrected chi connectivity index (χ3v) is 4.79. The Morgan fingerprint density at radius 3 is 2.73 bits per heavy atom. The zero-order valence-electron chi connectivity index (χ0n) is 18.2. The molecule has 0 spiro atoms. The number of hydrogen-bond donors (Lipinski definition) is 1. The van der Waals surface area contributed by atoms with Gasteiger partial charge in [-0.3, -0.25) is 4.79 Å². The monoisotopic (exact) mass is 413 g/mol. The first kappa shape index (κ1) is 21.9. The number of nitrogens with zero attached hydrogens (tertiary/aromatic N) is 2. The molecule has 1 aliphatic carbocycles. The molecule has 0 radical (unpaired) electrons. The lowest BCUT2D eigenvalue weighted by Crippen LogP contribution is -2.30. The summed E-state index contributed by atoms with van der Waals surface area (Å²) in [5.41, 5.74) is 0.854. The molecule has 0 bridgehead atoms. The Labute approximate surface area is 177 Å². The fourth-order valence-electron chi connectivity index (χ4n) is 3.00. The van der Waals surface area contributed by atoms with Crippen molar-refractivity contribution in [1.82, 2.24) is 15.5 Å². The molecular weight excluding hydrogens is 382 g/mol. The van der Waals surface area contributed by atoms with E-state index in [0.717, 1.165) is 30.7 Å². The summed E-state index contributed by atoms with van der Waals surface area (Å²) >= 11 is 0. The van der Waals surface area contributed by atoms with Crippen LogP contribution in [0.4, 0.5) is 0 Å². The highest BCUT2D eigenvalue weighted by Gasteiger charge is 2.31. The SMILES string of the molecule is CCCOc1ccc(/C=C/C(=O)NC(c2nc(C3CC3)no2)C(C)C)cc1OCC. The van der Waals surface area contributed by atoms with Gasteiger partial charge in [-0.05, 0) is 55.9 Å². The van der Waals surface area contributed by atoms with Gasteiger partial charge < -0.3 is 19.3 Å². The standard InChI is InChI=1S/C23H31N3O4/c1-5-13-29-18-11-7-16(14-19(18)28-6-2)8-12-20(27)24-21(15(3)4)23-25-22(26-30-23)17-9-10-17/h7-8,11-12,14-15,17,21H,5-6,9-10,13H2,1-4H3,(H,24,27)/b12-8+. The van der Waals surface area contributed by atoms with E-state index in [2.05, 4.69) is 22.4 Å². The summed E-state index contributed by atoms with van der Waals surface area (Å²) in [6.07, 6.45) is 6.39. The van der Waals surface area contributed by atoms with Crippen molar-refractivity contribution in [2.75, 3.05) is 13.2 Å². The summed E-state index contributed by atoms with van der Waals surface area (Å²) < 4.78 is 16.8. The maximum atomic E-state index is 12.5. The van der Waals surface area contributed by atoms with Crippen LogP contribution >= 0.6 is 0 Å². The third kappa shape index (κ3) is 5.84. The maximum absolute atomic E-state index is 12.5. The maximum Gasteiger partial charge on any atom is 0.249 e. The minimum Gasteiger partial charge on any atom is -0.490 e. The first-order valence-electron chi connectivity index (χ1n) is 10.7. The van der Waals surface area contributed by atoms with Crippen LogP contribution in [-0.2, 0) is 4.79 Å². The molecule has 2 aromatic rings. The van der Waals surface area contributed by atoms with Crippen LogP contribution in [0.1, 0.15) is 76.2 Å². The molecule has 162 valence electrons. The molecule has 0 saturated heterocycles. The average molecular weight is 414 g/mol. The Morgan fingerprint density at radius 1 is 1.27 bits per heavy atom. The van der Waals surface area contributed by atoms with Crippen LogP contribution in [0.5, 0.6) is 11.5 Å². The molecule has 1 heterocycles. The largest absolute Gasteiger partial charge is 0.490 e. The quantitative estimate of drug-likeness (QED) is 0.539. The molecule has 30 heavy (non-hydrogen) atoms. The van der Waals surface area contributed by atoms with Crippen molar-refractivity contribution in [3.05, 3.63) is 41.6 Å². The summed E-state index contributed by atoms with van der Waals surface area (Å²) in [6.45, 7) is 9.18. The van der Waals surface area contributed by atoms with Gasteiger partial charge in [-0.2, -0.15) is 4.98 Å². The Hall–Kier alpha value is -2.83. The van der Waals surface area contributed by atoms with E-state index >= 15 is 0 Å². The Bertz CT molecular complexity index is 871. The normalized spacial score (nSPS) is 14.8. The lowest BCUT2D eigenvalue weighted by molar-refractivity contribution is -0.117. The van der Waals surface area contributed by atoms with Gasteiger partial charge in [0.2, 0.25) is 11.8 Å². The molecule has 1 amide bonds. The zero-order valence-corrected chi connectivity index (χ0v) is 18.2. The predicted molar refractivity (Wildman–Crippen MR) is 114 cm³/mol. The average Bonchev–Trinajstić information content (AvgIpc) is 3.47. The topological polar surface area (TPSA) is 86.5 Å². The molecule has 7 heteroatoms. The lowest BCUT2D eigenvalue weighted by Gasteiger charge is -2.17. The van der Waals surface area contributed by atoms with Crippen LogP contribution in [0.2, 0.25) is 0 Å². The van der Waals surface area contributed by atoms with E-state index in [-0.39, 0.29) is 17.9 Å². The Balaban J connectivity index is 1.66. The van der Waals surface area contributed by atoms with E-state index in [1.54, 1.807) is 6.08 Å². The summed E-state index contributed by atoms with van der Waals surface area (Å²) in [4.78, 5) is 17.0. The van der Waals surface area contributed by atoms with Gasteiger partial charge in [0.25, 0.3) is 0 Å². The van der Waals surface area contributed by atoms with Gasteiger partial charge in [-0.25, -0.2) is 0 Å². The van der Waals surface area contributed by atoms with Crippen molar-refractivity contribution in [2.45, 2.75) is 58.9 Å². The van der Waals surface area contributed by atoms with Crippen LogP contribution in [-0.4, -0.2) is 29.3 Å². The summed E-state index contributed by atoms with van der Waals surface area (Å²) in [5, 5.41) is 7.03. The molecule has 1 aromatic heterocycles. The minimum atomic E-state index is -0.328. The van der Waals surface area contributed by atoms with E-state index in [1.165, 1.54) is 6.08 Å². The van der Waals surface area contributed by atoms with Crippen LogP contribution in [0.25, 0.3) is 6.08 Å². The summed E-state index contributed by atoms with van der Waals surface area (Å²) in [6, 6.07) is 5.31. The number of amides is 1. The first-order chi connectivity index (χ1) is 14.5. The second kappa shape index (κ2) is 10.3. The molecule has 1 aromatic carbocycles. The Morgan fingerprint density at radius 2 is 2.07 bits per heavy atom. The third-order valence-electron chi connectivity index (χ3n) is 4.79. The van der Waals surface area contributed by atoms with Crippen LogP contribution in [0, 0.1) is 5.92 Å². The minimum absolute atomic E-state index is 0.120. The van der Waals surface area contributed by atoms with Crippen molar-refractivity contribution in [3.8, 4) is 11.5 Å². The van der Waals surface area contributed by atoms with Gasteiger partial charge in [0.1, 0.15) is 6.04 Å². The van der Waals surface area contributed by atoms with Crippen molar-refractivity contribution < 1.29 is 18.8 Å². The van der Waals surface area contributed by atoms with Gasteiger partial charge in [-0.1, -0.05) is 32.0 Å². The zero-order chi connectivity index (χ0) is 21.5. The highest BCUT2D eigenvalue weighted by molar-refractivity contribution is 5.92. The van der Waals surface area contributed by atoms with Crippen LogP contribution in [0.15, 0.2) is 28.8 Å². The predicted octanol–water partition coefficient (Wildman–Crippen LogP) is 4.66. The number of ether oxygens (including phenoxy) is 2. The van der Waals surface area contributed by atoms with Crippen molar-refractivity contribution in [1.29, 1.82) is 0 Å². The summed E-state index contributed by atoms with van der Waals surface area (Å²) in [5.74, 6) is 2.90. The van der Waals surface area contributed by atoms with Gasteiger partial charge in [0, 0.05) is 12.0 Å². The van der Waals surface area contributed by atoms with Gasteiger partial charge in [0.05, 0.1) is 13.2 Å². The second-order valence-corrected chi connectivity index (χ2v) is 7.82. The van der Waals surface area contributed by atoms with E-state index in [4.69, 9.17) is 14.0 Å². The van der Waals surface area contributed by atoms with Crippen molar-refractivity contribution >= 4 is 12.0 Å². The molecular formula is C23H31N3O4. The van der Waals surface area contributed by atoms with E-state index in [0.29, 0.717) is 36.5 Å². The van der Waals surface area contributed by atoms with E-state index < -0.39 is 0 Å². The highest BCUT2D eigenvalue weighted by atomic mass is 16.5. The molecule has 1 fully saturated rings. The second-order valence-electron chi connectivity index (χ2n) is 7.82. The fourth-order valence-corrected chi connectivity index (χ4v) is 3.00. The van der Waals surface area contributed by atoms with Crippen LogP contribution < -0.4 is 14.8 Å². The smallest absolute Gasteiger partial charge is 0.249 e. The van der Waals surface area contributed by atoms with Crippen LogP contribution in [0.3, 0.4) is 0 Å². The number of aromatic nitrogens is 2. The van der Waals surface area contributed by atoms with Crippen molar-refractivity contribution in [2.24, 2.45) is 5.92 Å². The number of rotatable bonds is 11. The molecule has 3 rings (SSSR count). The summed E-state index contributed by atoms with van der Waals surface area (Å²) in [7, 11) is 0. The number of benzene rings is 1. The number of nitrogens with one attached hydrogen (secondary N) is 1. The Kier molecular flexibility index (Phi) is 7.49. The first-order valence-corrected chi connectivity index (χ1v) is 10.7. The molecule has 1 aliphatic rings. The van der Waals surface area contributed by atoms with E-state index in [9.17, 15) is 4.79 Å². The molecule has 7 nitrogen and oxygen atoms in total. The fraction of sp³-hybridized carbons (Fsp3) is 0.522. The number of hydrogen-bond acceptors (Lipinski definition) is 6. The van der Waals surface area contributed by atoms with Gasteiger partial charge >= 0.3 is 0 Å². The molecule has 1 unspecified atom stereocenters. The van der Waals surface area contributed by atoms with Gasteiger partial charge in [-0.15, -0.1) is 0 Å². The van der Waals surface area contributed by atoms with E-state index in [1.807, 2.05) is 39.0 Å². The van der Waals surface area contributed by atoms with Crippen molar-refractivity contribution in [3.63, 3.8) is 0 Å². The molecule has 1 saturated carbocycles. The molecule has 0 aliphatic heterocycles. The molecule has 1 N–H and O–H groups in total.